The summed E-state index contributed by atoms with van der Waals surface area (Å²) in [5, 5.41) is 3.82. The van der Waals surface area contributed by atoms with Crippen molar-refractivity contribution in [3.05, 3.63) is 12.2 Å². The van der Waals surface area contributed by atoms with Crippen molar-refractivity contribution in [1.82, 2.24) is 5.32 Å². The van der Waals surface area contributed by atoms with Gasteiger partial charge in [-0.25, -0.2) is 0 Å². The van der Waals surface area contributed by atoms with E-state index in [0.717, 1.165) is 23.8 Å². The Morgan fingerprint density at radius 1 is 1.06 bits per heavy atom. The molecule has 1 N–H and O–H groups in total. The van der Waals surface area contributed by atoms with Gasteiger partial charge in [-0.1, -0.05) is 26.0 Å². The van der Waals surface area contributed by atoms with Crippen LogP contribution in [-0.2, 0) is 0 Å². The molecule has 2 aliphatic carbocycles. The standard InChI is InChI=1S/C16H29N/c1-13(2)15-8-10-16(11-9-15)17-12-14-6-4-3-5-7-14/h3-4,13-17H,5-12H2,1-2H3. The molecule has 0 aromatic carbocycles. The number of nitrogens with one attached hydrogen (secondary N) is 1. The van der Waals surface area contributed by atoms with E-state index in [1.54, 1.807) is 0 Å². The van der Waals surface area contributed by atoms with E-state index >= 15 is 0 Å². The SMILES string of the molecule is CC(C)C1CCC(NCC2CC=CCC2)CC1. The van der Waals surface area contributed by atoms with E-state index in [2.05, 4.69) is 31.3 Å². The van der Waals surface area contributed by atoms with Gasteiger partial charge in [0.05, 0.1) is 0 Å². The van der Waals surface area contributed by atoms with E-state index in [1.807, 2.05) is 0 Å². The zero-order valence-corrected chi connectivity index (χ0v) is 11.6. The van der Waals surface area contributed by atoms with Crippen molar-refractivity contribution in [3.8, 4) is 0 Å². The number of rotatable bonds is 4. The van der Waals surface area contributed by atoms with Crippen LogP contribution in [0, 0.1) is 17.8 Å². The molecule has 1 atom stereocenters. The molecule has 1 unspecified atom stereocenters. The lowest BCUT2D eigenvalue weighted by Crippen LogP contribution is -2.37. The summed E-state index contributed by atoms with van der Waals surface area (Å²) in [6, 6.07) is 0.816. The second-order valence-corrected chi connectivity index (χ2v) is 6.41. The molecule has 0 aliphatic heterocycles. The van der Waals surface area contributed by atoms with Crippen LogP contribution in [-0.4, -0.2) is 12.6 Å². The summed E-state index contributed by atoms with van der Waals surface area (Å²) in [6.07, 6.45) is 14.4. The fourth-order valence-corrected chi connectivity index (χ4v) is 3.37. The third-order valence-electron chi connectivity index (χ3n) is 4.79. The van der Waals surface area contributed by atoms with Gasteiger partial charge in [0.15, 0.2) is 0 Å². The summed E-state index contributed by atoms with van der Waals surface area (Å²) in [5.74, 6) is 2.79. The molecular weight excluding hydrogens is 206 g/mol. The predicted octanol–water partition coefficient (Wildman–Crippen LogP) is 4.15. The van der Waals surface area contributed by atoms with E-state index < -0.39 is 0 Å². The van der Waals surface area contributed by atoms with E-state index in [1.165, 1.54) is 51.5 Å². The molecule has 0 spiro atoms. The van der Waals surface area contributed by atoms with E-state index in [-0.39, 0.29) is 0 Å². The third kappa shape index (κ3) is 4.13. The Kier molecular flexibility index (Phi) is 5.09. The van der Waals surface area contributed by atoms with Gasteiger partial charge in [-0.05, 0) is 69.2 Å². The van der Waals surface area contributed by atoms with Crippen molar-refractivity contribution >= 4 is 0 Å². The molecule has 0 amide bonds. The van der Waals surface area contributed by atoms with Crippen LogP contribution in [0.1, 0.15) is 58.8 Å². The van der Waals surface area contributed by atoms with Gasteiger partial charge in [-0.2, -0.15) is 0 Å². The molecule has 0 heterocycles. The minimum Gasteiger partial charge on any atom is -0.314 e. The van der Waals surface area contributed by atoms with Crippen LogP contribution in [0.3, 0.4) is 0 Å². The Labute approximate surface area is 107 Å². The Morgan fingerprint density at radius 2 is 1.82 bits per heavy atom. The van der Waals surface area contributed by atoms with Crippen LogP contribution >= 0.6 is 0 Å². The molecule has 0 radical (unpaired) electrons. The molecule has 1 fully saturated rings. The summed E-state index contributed by atoms with van der Waals surface area (Å²) in [4.78, 5) is 0. The van der Waals surface area contributed by atoms with E-state index in [4.69, 9.17) is 0 Å². The van der Waals surface area contributed by atoms with Gasteiger partial charge in [0.25, 0.3) is 0 Å². The molecule has 2 rings (SSSR count). The summed E-state index contributed by atoms with van der Waals surface area (Å²) in [6.45, 7) is 6.01. The van der Waals surface area contributed by atoms with Crippen LogP contribution in [0.2, 0.25) is 0 Å². The fraction of sp³-hybridized carbons (Fsp3) is 0.875. The molecule has 1 heteroatoms. The highest BCUT2D eigenvalue weighted by molar-refractivity contribution is 4.91. The molecule has 98 valence electrons. The Bertz CT molecular complexity index is 236. The second-order valence-electron chi connectivity index (χ2n) is 6.41. The smallest absolute Gasteiger partial charge is 0.00673 e. The van der Waals surface area contributed by atoms with Gasteiger partial charge in [0.2, 0.25) is 0 Å². The highest BCUT2D eigenvalue weighted by atomic mass is 14.9. The molecule has 1 saturated carbocycles. The normalized spacial score (nSPS) is 34.2. The van der Waals surface area contributed by atoms with Crippen molar-refractivity contribution in [2.75, 3.05) is 6.54 Å². The summed E-state index contributed by atoms with van der Waals surface area (Å²) in [5.41, 5.74) is 0. The fourth-order valence-electron chi connectivity index (χ4n) is 3.37. The maximum absolute atomic E-state index is 3.82. The molecular formula is C16H29N. The maximum atomic E-state index is 3.82. The van der Waals surface area contributed by atoms with Crippen LogP contribution in [0.25, 0.3) is 0 Å². The molecule has 1 nitrogen and oxygen atoms in total. The highest BCUT2D eigenvalue weighted by Gasteiger charge is 2.23. The Hall–Kier alpha value is -0.300. The number of hydrogen-bond donors (Lipinski definition) is 1. The van der Waals surface area contributed by atoms with Gasteiger partial charge in [-0.3, -0.25) is 0 Å². The minimum atomic E-state index is 0.816. The topological polar surface area (TPSA) is 12.0 Å². The third-order valence-corrected chi connectivity index (χ3v) is 4.79. The zero-order chi connectivity index (χ0) is 12.1. The molecule has 2 aliphatic rings. The first-order chi connectivity index (χ1) is 8.25. The van der Waals surface area contributed by atoms with E-state index in [0.29, 0.717) is 0 Å². The van der Waals surface area contributed by atoms with Crippen LogP contribution in [0.5, 0.6) is 0 Å². The molecule has 0 aromatic rings. The van der Waals surface area contributed by atoms with Crippen molar-refractivity contribution in [2.24, 2.45) is 17.8 Å². The van der Waals surface area contributed by atoms with Crippen molar-refractivity contribution in [2.45, 2.75) is 64.8 Å². The van der Waals surface area contributed by atoms with Gasteiger partial charge < -0.3 is 5.32 Å². The van der Waals surface area contributed by atoms with Gasteiger partial charge >= 0.3 is 0 Å². The Balaban J connectivity index is 1.63. The average molecular weight is 235 g/mol. The summed E-state index contributed by atoms with van der Waals surface area (Å²) in [7, 11) is 0. The molecule has 0 saturated heterocycles. The molecule has 17 heavy (non-hydrogen) atoms. The number of hydrogen-bond acceptors (Lipinski definition) is 1. The summed E-state index contributed by atoms with van der Waals surface area (Å²) < 4.78 is 0. The average Bonchev–Trinajstić information content (AvgIpc) is 2.38. The second kappa shape index (κ2) is 6.58. The first-order valence-electron chi connectivity index (χ1n) is 7.64. The van der Waals surface area contributed by atoms with Gasteiger partial charge in [-0.15, -0.1) is 0 Å². The minimum absolute atomic E-state index is 0.816. The Morgan fingerprint density at radius 3 is 2.41 bits per heavy atom. The lowest BCUT2D eigenvalue weighted by Gasteiger charge is -2.32. The monoisotopic (exact) mass is 235 g/mol. The first-order valence-corrected chi connectivity index (χ1v) is 7.64. The number of allylic oxidation sites excluding steroid dienone is 2. The quantitative estimate of drug-likeness (QED) is 0.722. The zero-order valence-electron chi connectivity index (χ0n) is 11.6. The van der Waals surface area contributed by atoms with Gasteiger partial charge in [0, 0.05) is 6.04 Å². The lowest BCUT2D eigenvalue weighted by molar-refractivity contribution is 0.232. The predicted molar refractivity (Wildman–Crippen MR) is 75.1 cm³/mol. The first kappa shape index (κ1) is 13.1. The molecule has 0 bridgehead atoms. The lowest BCUT2D eigenvalue weighted by atomic mass is 9.79. The van der Waals surface area contributed by atoms with Crippen molar-refractivity contribution in [3.63, 3.8) is 0 Å². The van der Waals surface area contributed by atoms with E-state index in [9.17, 15) is 0 Å². The van der Waals surface area contributed by atoms with Crippen molar-refractivity contribution in [1.29, 1.82) is 0 Å². The summed E-state index contributed by atoms with van der Waals surface area (Å²) >= 11 is 0. The van der Waals surface area contributed by atoms with Crippen LogP contribution in [0.15, 0.2) is 12.2 Å². The van der Waals surface area contributed by atoms with Crippen LogP contribution in [0.4, 0.5) is 0 Å². The largest absolute Gasteiger partial charge is 0.314 e. The maximum Gasteiger partial charge on any atom is 0.00673 e. The van der Waals surface area contributed by atoms with Gasteiger partial charge in [0.1, 0.15) is 0 Å². The van der Waals surface area contributed by atoms with Crippen molar-refractivity contribution < 1.29 is 0 Å². The van der Waals surface area contributed by atoms with Crippen LogP contribution < -0.4 is 5.32 Å². The molecule has 0 aromatic heterocycles. The highest BCUT2D eigenvalue weighted by Crippen LogP contribution is 2.30.